The molecule has 0 radical (unpaired) electrons. The molecule has 1 saturated carbocycles. The highest BCUT2D eigenvalue weighted by Crippen LogP contribution is 2.33. The quantitative estimate of drug-likeness (QED) is 0.709. The summed E-state index contributed by atoms with van der Waals surface area (Å²) in [5.74, 6) is 1.20. The highest BCUT2D eigenvalue weighted by molar-refractivity contribution is 6.20. The average Bonchev–Trinajstić information content (AvgIpc) is 2.32. The van der Waals surface area contributed by atoms with E-state index in [0.717, 1.165) is 38.9 Å². The van der Waals surface area contributed by atoms with E-state index in [1.807, 2.05) is 0 Å². The summed E-state index contributed by atoms with van der Waals surface area (Å²) in [5.41, 5.74) is 0. The summed E-state index contributed by atoms with van der Waals surface area (Å²) in [7, 11) is 0. The molecule has 2 nitrogen and oxygen atoms in total. The molecule has 1 aliphatic carbocycles. The Labute approximate surface area is 104 Å². The van der Waals surface area contributed by atoms with Crippen molar-refractivity contribution in [2.24, 2.45) is 11.8 Å². The van der Waals surface area contributed by atoms with Crippen LogP contribution in [0.25, 0.3) is 0 Å². The van der Waals surface area contributed by atoms with E-state index in [9.17, 15) is 0 Å². The number of hydrogen-bond donors (Lipinski definition) is 0. The summed E-state index contributed by atoms with van der Waals surface area (Å²) < 4.78 is 11.7. The Morgan fingerprint density at radius 3 is 2.25 bits per heavy atom. The second kappa shape index (κ2) is 6.23. The van der Waals surface area contributed by atoms with E-state index >= 15 is 0 Å². The minimum absolute atomic E-state index is 0.0530. The van der Waals surface area contributed by atoms with Crippen molar-refractivity contribution in [3.8, 4) is 0 Å². The minimum atomic E-state index is 0.0530. The number of halogens is 1. The van der Waals surface area contributed by atoms with Crippen molar-refractivity contribution in [3.63, 3.8) is 0 Å². The first-order valence-corrected chi connectivity index (χ1v) is 7.10. The number of alkyl halides is 1. The highest BCUT2D eigenvalue weighted by atomic mass is 35.5. The van der Waals surface area contributed by atoms with Gasteiger partial charge in [0, 0.05) is 17.2 Å². The summed E-state index contributed by atoms with van der Waals surface area (Å²) in [6, 6.07) is 0. The summed E-state index contributed by atoms with van der Waals surface area (Å²) in [5, 5.41) is 0.382. The normalized spacial score (nSPS) is 40.9. The van der Waals surface area contributed by atoms with Gasteiger partial charge < -0.3 is 9.47 Å². The molecule has 0 aromatic rings. The Hall–Kier alpha value is 0.210. The molecular formula is C13H23ClO2. The summed E-state index contributed by atoms with van der Waals surface area (Å²) >= 11 is 6.10. The van der Waals surface area contributed by atoms with Crippen LogP contribution < -0.4 is 0 Å². The molecule has 1 aliphatic heterocycles. The van der Waals surface area contributed by atoms with Gasteiger partial charge in [-0.05, 0) is 32.1 Å². The van der Waals surface area contributed by atoms with E-state index in [1.54, 1.807) is 0 Å². The maximum atomic E-state index is 6.10. The van der Waals surface area contributed by atoms with E-state index in [4.69, 9.17) is 21.1 Å². The highest BCUT2D eigenvalue weighted by Gasteiger charge is 2.31. The zero-order chi connectivity index (χ0) is 11.4. The molecular weight excluding hydrogens is 224 g/mol. The van der Waals surface area contributed by atoms with Crippen LogP contribution >= 0.6 is 11.6 Å². The molecule has 1 saturated heterocycles. The van der Waals surface area contributed by atoms with Crippen LogP contribution in [0, 0.1) is 11.8 Å². The lowest BCUT2D eigenvalue weighted by atomic mass is 9.88. The van der Waals surface area contributed by atoms with Gasteiger partial charge in [0.1, 0.15) is 0 Å². The van der Waals surface area contributed by atoms with Gasteiger partial charge in [0.05, 0.1) is 13.2 Å². The molecule has 0 spiro atoms. The summed E-state index contributed by atoms with van der Waals surface area (Å²) in [6.07, 6.45) is 7.06. The Morgan fingerprint density at radius 1 is 1.06 bits per heavy atom. The smallest absolute Gasteiger partial charge is 0.160 e. The fourth-order valence-electron chi connectivity index (χ4n) is 2.76. The van der Waals surface area contributed by atoms with Gasteiger partial charge in [-0.2, -0.15) is 0 Å². The second-order valence-corrected chi connectivity index (χ2v) is 5.82. The van der Waals surface area contributed by atoms with Crippen LogP contribution in [0.3, 0.4) is 0 Å². The van der Waals surface area contributed by atoms with Gasteiger partial charge in [-0.3, -0.25) is 0 Å². The van der Waals surface area contributed by atoms with Crippen LogP contribution in [-0.4, -0.2) is 24.9 Å². The maximum Gasteiger partial charge on any atom is 0.160 e. The molecule has 1 heterocycles. The van der Waals surface area contributed by atoms with E-state index < -0.39 is 0 Å². The lowest BCUT2D eigenvalue weighted by molar-refractivity contribution is -0.228. The van der Waals surface area contributed by atoms with Crippen molar-refractivity contribution in [2.45, 2.75) is 57.1 Å². The lowest BCUT2D eigenvalue weighted by Gasteiger charge is -2.36. The largest absolute Gasteiger partial charge is 0.352 e. The fourth-order valence-corrected chi connectivity index (χ4v) is 3.01. The fraction of sp³-hybridized carbons (Fsp3) is 1.00. The second-order valence-electron chi connectivity index (χ2n) is 5.20. The SMILES string of the molecule is CCCC1COC(C2CCC(Cl)CC2)OC1. The third kappa shape index (κ3) is 3.35. The van der Waals surface area contributed by atoms with Gasteiger partial charge in [0.2, 0.25) is 0 Å². The van der Waals surface area contributed by atoms with Crippen molar-refractivity contribution in [1.29, 1.82) is 0 Å². The van der Waals surface area contributed by atoms with Crippen LogP contribution in [-0.2, 0) is 9.47 Å². The summed E-state index contributed by atoms with van der Waals surface area (Å²) in [4.78, 5) is 0. The van der Waals surface area contributed by atoms with Crippen molar-refractivity contribution < 1.29 is 9.47 Å². The van der Waals surface area contributed by atoms with Crippen molar-refractivity contribution >= 4 is 11.6 Å². The van der Waals surface area contributed by atoms with Crippen LogP contribution in [0.4, 0.5) is 0 Å². The molecule has 0 amide bonds. The molecule has 0 unspecified atom stereocenters. The Morgan fingerprint density at radius 2 is 1.69 bits per heavy atom. The van der Waals surface area contributed by atoms with Crippen molar-refractivity contribution in [2.75, 3.05) is 13.2 Å². The molecule has 16 heavy (non-hydrogen) atoms. The Kier molecular flexibility index (Phi) is 4.93. The molecule has 0 aromatic carbocycles. The molecule has 2 aliphatic rings. The standard InChI is InChI=1S/C13H23ClO2/c1-2-3-10-8-15-13(16-9-10)11-4-6-12(14)7-5-11/h10-13H,2-9H2,1H3. The third-order valence-electron chi connectivity index (χ3n) is 3.78. The first-order chi connectivity index (χ1) is 7.79. The van der Waals surface area contributed by atoms with Crippen LogP contribution in [0.1, 0.15) is 45.4 Å². The van der Waals surface area contributed by atoms with E-state index in [0.29, 0.717) is 17.2 Å². The summed E-state index contributed by atoms with van der Waals surface area (Å²) in [6.45, 7) is 3.99. The first-order valence-electron chi connectivity index (χ1n) is 6.67. The number of ether oxygens (including phenoxy) is 2. The minimum Gasteiger partial charge on any atom is -0.352 e. The van der Waals surface area contributed by atoms with E-state index in [1.165, 1.54) is 12.8 Å². The molecule has 3 heteroatoms. The predicted molar refractivity (Wildman–Crippen MR) is 65.7 cm³/mol. The van der Waals surface area contributed by atoms with Crippen molar-refractivity contribution in [3.05, 3.63) is 0 Å². The molecule has 0 N–H and O–H groups in total. The monoisotopic (exact) mass is 246 g/mol. The predicted octanol–water partition coefficient (Wildman–Crippen LogP) is 3.57. The topological polar surface area (TPSA) is 18.5 Å². The van der Waals surface area contributed by atoms with Gasteiger partial charge in [0.15, 0.2) is 6.29 Å². The lowest BCUT2D eigenvalue weighted by Crippen LogP contribution is -2.38. The number of hydrogen-bond acceptors (Lipinski definition) is 2. The molecule has 94 valence electrons. The molecule has 2 fully saturated rings. The zero-order valence-corrected chi connectivity index (χ0v) is 10.9. The average molecular weight is 247 g/mol. The maximum absolute atomic E-state index is 6.10. The first kappa shape index (κ1) is 12.7. The van der Waals surface area contributed by atoms with Crippen LogP contribution in [0.15, 0.2) is 0 Å². The van der Waals surface area contributed by atoms with Gasteiger partial charge >= 0.3 is 0 Å². The molecule has 2 rings (SSSR count). The zero-order valence-electron chi connectivity index (χ0n) is 10.2. The number of rotatable bonds is 3. The van der Waals surface area contributed by atoms with E-state index in [2.05, 4.69) is 6.92 Å². The Bertz CT molecular complexity index is 194. The molecule has 0 aromatic heterocycles. The molecule has 0 atom stereocenters. The third-order valence-corrected chi connectivity index (χ3v) is 4.21. The van der Waals surface area contributed by atoms with Gasteiger partial charge in [0.25, 0.3) is 0 Å². The Balaban J connectivity index is 1.72. The van der Waals surface area contributed by atoms with E-state index in [-0.39, 0.29) is 6.29 Å². The van der Waals surface area contributed by atoms with Crippen LogP contribution in [0.2, 0.25) is 0 Å². The van der Waals surface area contributed by atoms with Gasteiger partial charge in [-0.25, -0.2) is 0 Å². The van der Waals surface area contributed by atoms with Crippen molar-refractivity contribution in [1.82, 2.24) is 0 Å². The van der Waals surface area contributed by atoms with Gasteiger partial charge in [-0.15, -0.1) is 11.6 Å². The molecule has 0 bridgehead atoms. The van der Waals surface area contributed by atoms with Gasteiger partial charge in [-0.1, -0.05) is 13.3 Å². The van der Waals surface area contributed by atoms with Crippen LogP contribution in [0.5, 0.6) is 0 Å².